The van der Waals surface area contributed by atoms with Crippen LogP contribution in [0.3, 0.4) is 0 Å². The molecule has 30 heavy (non-hydrogen) atoms. The van der Waals surface area contributed by atoms with E-state index in [0.29, 0.717) is 11.1 Å². The standard InChI is InChI=1S/C24H20N2O4/c25-23(29)17-11-12-18(24(26)30)20(14-22(28)16-9-5-2-6-10-16)19(17)13-21(27)15-7-3-1-4-8-15/h1-12H,13-14H2,(H2,25,29)(H2,26,30). The molecular weight excluding hydrogens is 380 g/mol. The molecule has 0 saturated heterocycles. The number of carbonyl (C=O) groups excluding carboxylic acids is 4. The minimum absolute atomic E-state index is 0.0835. The van der Waals surface area contributed by atoms with E-state index in [0.717, 1.165) is 0 Å². The lowest BCUT2D eigenvalue weighted by Gasteiger charge is -2.16. The lowest BCUT2D eigenvalue weighted by atomic mass is 9.87. The van der Waals surface area contributed by atoms with Crippen LogP contribution in [0, 0.1) is 0 Å². The highest BCUT2D eigenvalue weighted by Gasteiger charge is 2.23. The smallest absolute Gasteiger partial charge is 0.249 e. The Balaban J connectivity index is 2.11. The second-order valence-corrected chi connectivity index (χ2v) is 6.78. The molecule has 0 unspecified atom stereocenters. The van der Waals surface area contributed by atoms with Crippen molar-refractivity contribution in [1.82, 2.24) is 0 Å². The molecule has 0 saturated carbocycles. The molecule has 0 aliphatic carbocycles. The number of Topliss-reactive ketones (excluding diaryl/α,β-unsaturated/α-hetero) is 2. The zero-order chi connectivity index (χ0) is 21.7. The molecule has 150 valence electrons. The van der Waals surface area contributed by atoms with Crippen molar-refractivity contribution in [2.75, 3.05) is 0 Å². The van der Waals surface area contributed by atoms with E-state index in [1.807, 2.05) is 0 Å². The fourth-order valence-corrected chi connectivity index (χ4v) is 3.33. The first-order chi connectivity index (χ1) is 14.4. The summed E-state index contributed by atoms with van der Waals surface area (Å²) in [5, 5.41) is 0. The largest absolute Gasteiger partial charge is 0.366 e. The number of benzene rings is 3. The number of ketones is 2. The van der Waals surface area contributed by atoms with Gasteiger partial charge in [-0.25, -0.2) is 0 Å². The SMILES string of the molecule is NC(=O)c1ccc(C(N)=O)c(CC(=O)c2ccccc2)c1CC(=O)c1ccccc1. The van der Waals surface area contributed by atoms with Gasteiger partial charge in [0.1, 0.15) is 0 Å². The van der Waals surface area contributed by atoms with Crippen LogP contribution in [-0.2, 0) is 12.8 Å². The maximum Gasteiger partial charge on any atom is 0.249 e. The van der Waals surface area contributed by atoms with Gasteiger partial charge >= 0.3 is 0 Å². The van der Waals surface area contributed by atoms with Crippen LogP contribution in [0.25, 0.3) is 0 Å². The van der Waals surface area contributed by atoms with E-state index in [9.17, 15) is 19.2 Å². The first-order valence-corrected chi connectivity index (χ1v) is 9.29. The molecule has 6 nitrogen and oxygen atoms in total. The number of hydrogen-bond donors (Lipinski definition) is 2. The topological polar surface area (TPSA) is 120 Å². The first kappa shape index (κ1) is 20.7. The van der Waals surface area contributed by atoms with Gasteiger partial charge in [0.05, 0.1) is 0 Å². The minimum atomic E-state index is -0.754. The highest BCUT2D eigenvalue weighted by Crippen LogP contribution is 2.24. The van der Waals surface area contributed by atoms with Crippen LogP contribution in [-0.4, -0.2) is 23.4 Å². The molecule has 0 aliphatic rings. The highest BCUT2D eigenvalue weighted by molar-refractivity contribution is 6.06. The van der Waals surface area contributed by atoms with Crippen LogP contribution in [0.1, 0.15) is 52.6 Å². The summed E-state index contributed by atoms with van der Waals surface area (Å²) in [6.45, 7) is 0. The Kier molecular flexibility index (Phi) is 6.17. The summed E-state index contributed by atoms with van der Waals surface area (Å²) in [6.07, 6.45) is -0.387. The normalized spacial score (nSPS) is 10.4. The van der Waals surface area contributed by atoms with Crippen LogP contribution >= 0.6 is 0 Å². The highest BCUT2D eigenvalue weighted by atomic mass is 16.2. The van der Waals surface area contributed by atoms with Crippen LogP contribution in [0.5, 0.6) is 0 Å². The molecule has 0 aliphatic heterocycles. The second kappa shape index (κ2) is 8.96. The van der Waals surface area contributed by atoms with Crippen molar-refractivity contribution in [3.05, 3.63) is 106 Å². The molecule has 2 amide bonds. The monoisotopic (exact) mass is 400 g/mol. The van der Waals surface area contributed by atoms with Crippen LogP contribution < -0.4 is 11.5 Å². The molecule has 4 N–H and O–H groups in total. The number of amides is 2. The third kappa shape index (κ3) is 4.50. The Labute approximate surface area is 173 Å². The van der Waals surface area contributed by atoms with Gasteiger partial charge in [0.2, 0.25) is 11.8 Å². The molecular formula is C24H20N2O4. The Bertz CT molecular complexity index is 1030. The molecule has 3 rings (SSSR count). The lowest BCUT2D eigenvalue weighted by molar-refractivity contribution is 0.0966. The summed E-state index contributed by atoms with van der Waals surface area (Å²) < 4.78 is 0. The van der Waals surface area contributed by atoms with Gasteiger partial charge in [-0.1, -0.05) is 60.7 Å². The van der Waals surface area contributed by atoms with Crippen molar-refractivity contribution in [3.8, 4) is 0 Å². The van der Waals surface area contributed by atoms with Gasteiger partial charge in [0, 0.05) is 35.1 Å². The zero-order valence-corrected chi connectivity index (χ0v) is 16.1. The predicted molar refractivity (Wildman–Crippen MR) is 112 cm³/mol. The summed E-state index contributed by atoms with van der Waals surface area (Å²) in [7, 11) is 0. The third-order valence-electron chi connectivity index (χ3n) is 4.83. The maximum atomic E-state index is 12.8. The van der Waals surface area contributed by atoms with Crippen molar-refractivity contribution in [2.24, 2.45) is 11.5 Å². The average molecular weight is 400 g/mol. The van der Waals surface area contributed by atoms with Gasteiger partial charge in [0.25, 0.3) is 0 Å². The van der Waals surface area contributed by atoms with Gasteiger partial charge < -0.3 is 11.5 Å². The molecule has 0 fully saturated rings. The number of primary amides is 2. The average Bonchev–Trinajstić information content (AvgIpc) is 2.75. The number of rotatable bonds is 8. The Morgan fingerprint density at radius 2 is 0.867 bits per heavy atom. The van der Waals surface area contributed by atoms with E-state index < -0.39 is 11.8 Å². The molecule has 0 bridgehead atoms. The van der Waals surface area contributed by atoms with Gasteiger partial charge in [-0.3, -0.25) is 19.2 Å². The molecule has 0 heterocycles. The quantitative estimate of drug-likeness (QED) is 0.565. The number of hydrogen-bond acceptors (Lipinski definition) is 4. The summed E-state index contributed by atoms with van der Waals surface area (Å²) in [6, 6.07) is 19.8. The lowest BCUT2D eigenvalue weighted by Crippen LogP contribution is -2.23. The van der Waals surface area contributed by atoms with Crippen molar-refractivity contribution >= 4 is 23.4 Å². The van der Waals surface area contributed by atoms with E-state index >= 15 is 0 Å². The Morgan fingerprint density at radius 3 is 1.17 bits per heavy atom. The summed E-state index contributed by atoms with van der Waals surface area (Å²) >= 11 is 0. The van der Waals surface area contributed by atoms with Crippen LogP contribution in [0.2, 0.25) is 0 Å². The Morgan fingerprint density at radius 1 is 0.533 bits per heavy atom. The van der Waals surface area contributed by atoms with Gasteiger partial charge in [-0.15, -0.1) is 0 Å². The summed E-state index contributed by atoms with van der Waals surface area (Å²) in [4.78, 5) is 49.7. The molecule has 0 aromatic heterocycles. The van der Waals surface area contributed by atoms with E-state index in [2.05, 4.69) is 0 Å². The fraction of sp³-hybridized carbons (Fsp3) is 0.0833. The van der Waals surface area contributed by atoms with Crippen molar-refractivity contribution < 1.29 is 19.2 Å². The molecule has 0 atom stereocenters. The summed E-state index contributed by atoms with van der Waals surface area (Å²) in [5.41, 5.74) is 12.6. The molecule has 0 radical (unpaired) electrons. The Hall–Kier alpha value is -4.06. The van der Waals surface area contributed by atoms with Crippen molar-refractivity contribution in [2.45, 2.75) is 12.8 Å². The van der Waals surface area contributed by atoms with E-state index in [1.54, 1.807) is 60.7 Å². The van der Waals surface area contributed by atoms with E-state index in [4.69, 9.17) is 11.5 Å². The molecule has 3 aromatic rings. The van der Waals surface area contributed by atoms with Crippen LogP contribution in [0.4, 0.5) is 0 Å². The van der Waals surface area contributed by atoms with Crippen molar-refractivity contribution in [3.63, 3.8) is 0 Å². The van der Waals surface area contributed by atoms with Crippen LogP contribution in [0.15, 0.2) is 72.8 Å². The van der Waals surface area contributed by atoms with Gasteiger partial charge in [0.15, 0.2) is 11.6 Å². The van der Waals surface area contributed by atoms with Gasteiger partial charge in [-0.05, 0) is 23.3 Å². The zero-order valence-electron chi connectivity index (χ0n) is 16.1. The van der Waals surface area contributed by atoms with Gasteiger partial charge in [-0.2, -0.15) is 0 Å². The predicted octanol–water partition coefficient (Wildman–Crippen LogP) is 2.74. The van der Waals surface area contributed by atoms with E-state index in [-0.39, 0.29) is 46.7 Å². The molecule has 0 spiro atoms. The summed E-state index contributed by atoms with van der Waals surface area (Å²) in [5.74, 6) is -2.05. The maximum absolute atomic E-state index is 12.8. The van der Waals surface area contributed by atoms with E-state index in [1.165, 1.54) is 12.1 Å². The van der Waals surface area contributed by atoms with Crippen molar-refractivity contribution in [1.29, 1.82) is 0 Å². The fourth-order valence-electron chi connectivity index (χ4n) is 3.33. The molecule has 3 aromatic carbocycles. The third-order valence-corrected chi connectivity index (χ3v) is 4.83. The number of carbonyl (C=O) groups is 4. The number of nitrogens with two attached hydrogens (primary N) is 2. The second-order valence-electron chi connectivity index (χ2n) is 6.78. The first-order valence-electron chi connectivity index (χ1n) is 9.29. The molecule has 6 heteroatoms. The minimum Gasteiger partial charge on any atom is -0.366 e.